The fourth-order valence-electron chi connectivity index (χ4n) is 4.48. The molecule has 0 spiro atoms. The molecular weight excluding hydrogens is 312 g/mol. The number of rotatable bonds is 0. The van der Waals surface area contributed by atoms with Crippen molar-refractivity contribution in [1.29, 1.82) is 0 Å². The van der Waals surface area contributed by atoms with Gasteiger partial charge in [-0.1, -0.05) is 91.0 Å². The summed E-state index contributed by atoms with van der Waals surface area (Å²) in [4.78, 5) is 0. The first kappa shape index (κ1) is 13.9. The summed E-state index contributed by atoms with van der Waals surface area (Å²) in [7, 11) is 0. The van der Waals surface area contributed by atoms with Crippen LogP contribution in [0.25, 0.3) is 53.9 Å². The summed E-state index contributed by atoms with van der Waals surface area (Å²) in [6, 6.07) is 36.2. The normalized spacial score (nSPS) is 11.8. The molecule has 0 N–H and O–H groups in total. The van der Waals surface area contributed by atoms with E-state index in [0.717, 1.165) is 0 Å². The van der Waals surface area contributed by atoms with Gasteiger partial charge in [0.15, 0.2) is 0 Å². The van der Waals surface area contributed by atoms with Crippen LogP contribution in [-0.4, -0.2) is 0 Å². The molecule has 119 valence electrons. The summed E-state index contributed by atoms with van der Waals surface area (Å²) in [5.74, 6) is 0. The van der Waals surface area contributed by atoms with Crippen molar-refractivity contribution in [3.05, 3.63) is 97.1 Å². The van der Waals surface area contributed by atoms with Crippen LogP contribution >= 0.6 is 0 Å². The highest BCUT2D eigenvalue weighted by atomic mass is 14.2. The molecule has 6 aromatic rings. The van der Waals surface area contributed by atoms with E-state index in [1.807, 2.05) is 6.07 Å². The number of hydrogen-bond donors (Lipinski definition) is 0. The molecule has 6 rings (SSSR count). The Kier molecular flexibility index (Phi) is 2.70. The number of hydrogen-bond acceptors (Lipinski definition) is 0. The molecule has 6 aromatic carbocycles. The van der Waals surface area contributed by atoms with Gasteiger partial charge >= 0.3 is 0 Å². The summed E-state index contributed by atoms with van der Waals surface area (Å²) in [5, 5.41) is 13.0. The van der Waals surface area contributed by atoms with Crippen LogP contribution in [-0.2, 0) is 0 Å². The monoisotopic (exact) mass is 327 g/mol. The van der Waals surface area contributed by atoms with E-state index in [0.29, 0.717) is 0 Å². The predicted molar refractivity (Wildman–Crippen MR) is 113 cm³/mol. The van der Waals surface area contributed by atoms with E-state index >= 15 is 0 Å². The molecule has 0 aliphatic carbocycles. The molecule has 0 aromatic heterocycles. The third kappa shape index (κ3) is 1.69. The third-order valence-corrected chi connectivity index (χ3v) is 5.53. The summed E-state index contributed by atoms with van der Waals surface area (Å²) in [6.45, 7) is 0. The third-order valence-electron chi connectivity index (χ3n) is 5.53. The standard InChI is InChI=1S/C26H15/c1-5-13-21-17(9-1)18-10-2-6-14-22(18)26-24-16-8-4-12-20(24)19-11-3-7-15-23(19)25(21)26/h1-15H. The zero-order chi connectivity index (χ0) is 17.1. The van der Waals surface area contributed by atoms with Crippen molar-refractivity contribution in [2.45, 2.75) is 0 Å². The molecule has 0 atom stereocenters. The largest absolute Gasteiger partial charge is 0.0616 e. The molecule has 0 saturated carbocycles. The van der Waals surface area contributed by atoms with Gasteiger partial charge in [0.05, 0.1) is 0 Å². The lowest BCUT2D eigenvalue weighted by atomic mass is 9.87. The van der Waals surface area contributed by atoms with Crippen LogP contribution in [0.2, 0.25) is 0 Å². The zero-order valence-electron chi connectivity index (χ0n) is 14.2. The lowest BCUT2D eigenvalue weighted by Crippen LogP contribution is -1.87. The Hall–Kier alpha value is -3.38. The molecule has 0 aliphatic rings. The summed E-state index contributed by atoms with van der Waals surface area (Å²) in [6.07, 6.45) is 0. The molecule has 0 unspecified atom stereocenters. The summed E-state index contributed by atoms with van der Waals surface area (Å²) < 4.78 is 0. The average molecular weight is 327 g/mol. The SMILES string of the molecule is [c]1cccc2c1c1c3ccccc3c3ccccc3c1c1ccccc21. The average Bonchev–Trinajstić information content (AvgIpc) is 2.73. The van der Waals surface area contributed by atoms with Crippen LogP contribution in [0.1, 0.15) is 0 Å². The topological polar surface area (TPSA) is 0 Å². The van der Waals surface area contributed by atoms with Gasteiger partial charge in [-0.05, 0) is 59.9 Å². The molecule has 0 heteroatoms. The second-order valence-electron chi connectivity index (χ2n) is 6.85. The number of benzene rings is 6. The van der Waals surface area contributed by atoms with Gasteiger partial charge in [0.2, 0.25) is 0 Å². The Labute approximate surface area is 151 Å². The first-order valence-corrected chi connectivity index (χ1v) is 8.98. The maximum atomic E-state index is 3.54. The van der Waals surface area contributed by atoms with Crippen LogP contribution in [0.5, 0.6) is 0 Å². The Morgan fingerprint density at radius 3 is 1.38 bits per heavy atom. The van der Waals surface area contributed by atoms with Crippen LogP contribution < -0.4 is 0 Å². The van der Waals surface area contributed by atoms with Crippen molar-refractivity contribution >= 4 is 53.9 Å². The molecule has 0 amide bonds. The summed E-state index contributed by atoms with van der Waals surface area (Å²) in [5.41, 5.74) is 0. The molecule has 0 heterocycles. The van der Waals surface area contributed by atoms with Crippen LogP contribution in [0, 0.1) is 6.07 Å². The first-order valence-electron chi connectivity index (χ1n) is 8.98. The van der Waals surface area contributed by atoms with Crippen molar-refractivity contribution < 1.29 is 0 Å². The van der Waals surface area contributed by atoms with E-state index in [4.69, 9.17) is 0 Å². The maximum absolute atomic E-state index is 3.54. The van der Waals surface area contributed by atoms with E-state index in [9.17, 15) is 0 Å². The van der Waals surface area contributed by atoms with Gasteiger partial charge in [0.25, 0.3) is 0 Å². The van der Waals surface area contributed by atoms with Gasteiger partial charge in [0, 0.05) is 0 Å². The quantitative estimate of drug-likeness (QED) is 0.258. The van der Waals surface area contributed by atoms with E-state index in [1.54, 1.807) is 0 Å². The van der Waals surface area contributed by atoms with Gasteiger partial charge in [-0.2, -0.15) is 0 Å². The highest BCUT2D eigenvalue weighted by molar-refractivity contribution is 6.39. The van der Waals surface area contributed by atoms with Gasteiger partial charge in [-0.25, -0.2) is 0 Å². The lowest BCUT2D eigenvalue weighted by Gasteiger charge is -2.15. The van der Waals surface area contributed by atoms with Crippen LogP contribution in [0.3, 0.4) is 0 Å². The molecule has 0 saturated heterocycles. The molecule has 0 nitrogen and oxygen atoms in total. The van der Waals surface area contributed by atoms with Crippen molar-refractivity contribution in [2.75, 3.05) is 0 Å². The highest BCUT2D eigenvalue weighted by Crippen LogP contribution is 2.43. The van der Waals surface area contributed by atoms with Gasteiger partial charge in [0.1, 0.15) is 0 Å². The highest BCUT2D eigenvalue weighted by Gasteiger charge is 2.14. The molecule has 26 heavy (non-hydrogen) atoms. The zero-order valence-corrected chi connectivity index (χ0v) is 14.2. The molecule has 0 aliphatic heterocycles. The second kappa shape index (κ2) is 5.06. The van der Waals surface area contributed by atoms with Crippen molar-refractivity contribution in [1.82, 2.24) is 0 Å². The smallest absolute Gasteiger partial charge is 0.000764 e. The lowest BCUT2D eigenvalue weighted by molar-refractivity contribution is 1.77. The van der Waals surface area contributed by atoms with Gasteiger partial charge in [-0.15, -0.1) is 0 Å². The fourth-order valence-corrected chi connectivity index (χ4v) is 4.48. The number of fused-ring (bicyclic) bond motifs is 11. The molecule has 0 fully saturated rings. The molecule has 1 radical (unpaired) electrons. The fraction of sp³-hybridized carbons (Fsp3) is 0. The maximum Gasteiger partial charge on any atom is -0.000764 e. The van der Waals surface area contributed by atoms with Gasteiger partial charge < -0.3 is 0 Å². The molecular formula is C26H15. The van der Waals surface area contributed by atoms with Gasteiger partial charge in [-0.3, -0.25) is 0 Å². The van der Waals surface area contributed by atoms with Crippen molar-refractivity contribution in [3.8, 4) is 0 Å². The van der Waals surface area contributed by atoms with Crippen LogP contribution in [0.15, 0.2) is 91.0 Å². The van der Waals surface area contributed by atoms with Crippen LogP contribution in [0.4, 0.5) is 0 Å². The molecule has 0 bridgehead atoms. The minimum atomic E-state index is 1.21. The Morgan fingerprint density at radius 2 is 0.808 bits per heavy atom. The van der Waals surface area contributed by atoms with Crippen molar-refractivity contribution in [2.24, 2.45) is 0 Å². The predicted octanol–water partition coefficient (Wildman–Crippen LogP) is 7.25. The van der Waals surface area contributed by atoms with E-state index in [-0.39, 0.29) is 0 Å². The Bertz CT molecular complexity index is 1250. The Morgan fingerprint density at radius 1 is 0.385 bits per heavy atom. The second-order valence-corrected chi connectivity index (χ2v) is 6.85. The van der Waals surface area contributed by atoms with E-state index in [2.05, 4.69) is 91.0 Å². The van der Waals surface area contributed by atoms with E-state index < -0.39 is 0 Å². The minimum absolute atomic E-state index is 1.21. The van der Waals surface area contributed by atoms with Crippen molar-refractivity contribution in [3.63, 3.8) is 0 Å². The Balaban J connectivity index is 2.14. The minimum Gasteiger partial charge on any atom is -0.0616 e. The summed E-state index contributed by atoms with van der Waals surface area (Å²) >= 11 is 0. The first-order chi connectivity index (χ1) is 12.9. The van der Waals surface area contributed by atoms with E-state index in [1.165, 1.54) is 53.9 Å².